The van der Waals surface area contributed by atoms with Crippen LogP contribution in [0.1, 0.15) is 31.9 Å². The van der Waals surface area contributed by atoms with Gasteiger partial charge in [-0.25, -0.2) is 0 Å². The molecule has 1 saturated carbocycles. The number of aromatic amines is 1. The Morgan fingerprint density at radius 2 is 1.94 bits per heavy atom. The third-order valence-corrected chi connectivity index (χ3v) is 4.07. The number of nitrogens with two attached hydrogens (primary N) is 1. The Labute approximate surface area is 111 Å². The summed E-state index contributed by atoms with van der Waals surface area (Å²) in [5.41, 5.74) is 9.59. The van der Waals surface area contributed by atoms with Crippen molar-refractivity contribution in [2.24, 2.45) is 5.41 Å². The second-order valence-corrected chi connectivity index (χ2v) is 6.09. The molecule has 3 nitrogen and oxygen atoms in total. The summed E-state index contributed by atoms with van der Waals surface area (Å²) in [5.74, 6) is 1.09. The quantitative estimate of drug-likeness (QED) is 0.863. The van der Waals surface area contributed by atoms with Gasteiger partial charge in [0.05, 0.1) is 0 Å². The zero-order chi connectivity index (χ0) is 12.9. The number of halogens is 1. The van der Waals surface area contributed by atoms with E-state index in [4.69, 9.17) is 17.3 Å². The lowest BCUT2D eigenvalue weighted by Crippen LogP contribution is -1.94. The van der Waals surface area contributed by atoms with Crippen molar-refractivity contribution in [3.63, 3.8) is 0 Å². The molecule has 0 radical (unpaired) electrons. The maximum atomic E-state index is 5.99. The van der Waals surface area contributed by atoms with Crippen LogP contribution in [-0.4, -0.2) is 10.2 Å². The van der Waals surface area contributed by atoms with E-state index < -0.39 is 0 Å². The molecule has 1 aromatic heterocycles. The van der Waals surface area contributed by atoms with Gasteiger partial charge >= 0.3 is 0 Å². The smallest absolute Gasteiger partial charge is 0.153 e. The maximum Gasteiger partial charge on any atom is 0.153 e. The number of H-pyrrole nitrogens is 1. The monoisotopic (exact) mass is 261 g/mol. The minimum atomic E-state index is 0.347. The van der Waals surface area contributed by atoms with Crippen molar-refractivity contribution in [1.29, 1.82) is 0 Å². The van der Waals surface area contributed by atoms with Crippen LogP contribution in [0.2, 0.25) is 5.02 Å². The molecule has 3 rings (SSSR count). The van der Waals surface area contributed by atoms with E-state index in [9.17, 15) is 0 Å². The second kappa shape index (κ2) is 3.75. The van der Waals surface area contributed by atoms with Crippen LogP contribution in [0.25, 0.3) is 11.1 Å². The molecule has 1 atom stereocenters. The van der Waals surface area contributed by atoms with Gasteiger partial charge in [-0.1, -0.05) is 37.6 Å². The van der Waals surface area contributed by atoms with Crippen LogP contribution in [-0.2, 0) is 0 Å². The number of nitrogens with zero attached hydrogens (tertiary/aromatic N) is 1. The molecule has 0 bridgehead atoms. The van der Waals surface area contributed by atoms with Crippen molar-refractivity contribution in [3.8, 4) is 11.1 Å². The fourth-order valence-electron chi connectivity index (χ4n) is 2.50. The molecule has 1 fully saturated rings. The molecule has 0 saturated heterocycles. The van der Waals surface area contributed by atoms with Crippen molar-refractivity contribution in [1.82, 2.24) is 10.2 Å². The molecule has 1 unspecified atom stereocenters. The molecule has 2 aromatic rings. The van der Waals surface area contributed by atoms with Gasteiger partial charge in [-0.3, -0.25) is 5.10 Å². The number of nitrogens with one attached hydrogen (secondary N) is 1. The number of aromatic nitrogens is 2. The Kier molecular flexibility index (Phi) is 2.42. The average Bonchev–Trinajstić information content (AvgIpc) is 2.78. The van der Waals surface area contributed by atoms with Crippen LogP contribution in [0.4, 0.5) is 5.82 Å². The van der Waals surface area contributed by atoms with Crippen molar-refractivity contribution < 1.29 is 0 Å². The van der Waals surface area contributed by atoms with Gasteiger partial charge in [0.1, 0.15) is 0 Å². The van der Waals surface area contributed by atoms with E-state index in [0.717, 1.165) is 21.8 Å². The van der Waals surface area contributed by atoms with Crippen LogP contribution in [0.3, 0.4) is 0 Å². The van der Waals surface area contributed by atoms with E-state index in [1.54, 1.807) is 0 Å². The molecule has 4 heteroatoms. The first-order chi connectivity index (χ1) is 8.49. The third kappa shape index (κ3) is 1.79. The standard InChI is InChI=1S/C14H16ClN3/c1-14(2)7-10(14)12-11(13(16)18-17-12)8-3-5-9(15)6-4-8/h3-6,10H,7H2,1-2H3,(H3,16,17,18). The Bertz CT molecular complexity index is 584. The highest BCUT2D eigenvalue weighted by Crippen LogP contribution is 2.60. The molecule has 18 heavy (non-hydrogen) atoms. The van der Waals surface area contributed by atoms with Gasteiger partial charge in [0.15, 0.2) is 5.82 Å². The predicted octanol–water partition coefficient (Wildman–Crippen LogP) is 3.83. The molecular formula is C14H16ClN3. The van der Waals surface area contributed by atoms with E-state index in [1.807, 2.05) is 24.3 Å². The summed E-state index contributed by atoms with van der Waals surface area (Å²) in [7, 11) is 0. The van der Waals surface area contributed by atoms with E-state index in [1.165, 1.54) is 6.42 Å². The lowest BCUT2D eigenvalue weighted by molar-refractivity contribution is 0.615. The van der Waals surface area contributed by atoms with Gasteiger partial charge < -0.3 is 5.73 Å². The summed E-state index contributed by atoms with van der Waals surface area (Å²) in [5, 5.41) is 7.99. The van der Waals surface area contributed by atoms with Crippen LogP contribution < -0.4 is 5.73 Å². The number of hydrogen-bond acceptors (Lipinski definition) is 2. The Balaban J connectivity index is 2.06. The normalized spacial score (nSPS) is 20.9. The molecule has 94 valence electrons. The zero-order valence-electron chi connectivity index (χ0n) is 10.5. The van der Waals surface area contributed by atoms with E-state index >= 15 is 0 Å². The Hall–Kier alpha value is -1.48. The summed E-state index contributed by atoms with van der Waals surface area (Å²) in [4.78, 5) is 0. The average molecular weight is 262 g/mol. The van der Waals surface area contributed by atoms with Gasteiger partial charge in [-0.15, -0.1) is 0 Å². The minimum Gasteiger partial charge on any atom is -0.382 e. The van der Waals surface area contributed by atoms with Gasteiger partial charge in [0, 0.05) is 22.2 Å². The fourth-order valence-corrected chi connectivity index (χ4v) is 2.63. The molecule has 0 spiro atoms. The first-order valence-corrected chi connectivity index (χ1v) is 6.46. The molecule has 0 aliphatic heterocycles. The van der Waals surface area contributed by atoms with Crippen molar-refractivity contribution >= 4 is 17.4 Å². The highest BCUT2D eigenvalue weighted by Gasteiger charge is 2.48. The molecule has 1 aromatic carbocycles. The lowest BCUT2D eigenvalue weighted by Gasteiger charge is -2.06. The van der Waals surface area contributed by atoms with Crippen molar-refractivity contribution in [2.75, 3.05) is 5.73 Å². The number of nitrogen functional groups attached to an aromatic ring is 1. The second-order valence-electron chi connectivity index (χ2n) is 5.65. The number of benzene rings is 1. The fraction of sp³-hybridized carbons (Fsp3) is 0.357. The SMILES string of the molecule is CC1(C)CC1c1[nH]nc(N)c1-c1ccc(Cl)cc1. The largest absolute Gasteiger partial charge is 0.382 e. The Morgan fingerprint density at radius 3 is 2.50 bits per heavy atom. The molecule has 1 aliphatic carbocycles. The number of hydrogen-bond donors (Lipinski definition) is 2. The summed E-state index contributed by atoms with van der Waals surface area (Å²) in [6.07, 6.45) is 1.18. The highest BCUT2D eigenvalue weighted by atomic mass is 35.5. The highest BCUT2D eigenvalue weighted by molar-refractivity contribution is 6.30. The minimum absolute atomic E-state index is 0.347. The van der Waals surface area contributed by atoms with Crippen LogP contribution in [0.5, 0.6) is 0 Å². The van der Waals surface area contributed by atoms with E-state index in [0.29, 0.717) is 17.2 Å². The summed E-state index contributed by atoms with van der Waals surface area (Å²) < 4.78 is 0. The molecular weight excluding hydrogens is 246 g/mol. The topological polar surface area (TPSA) is 54.7 Å². The van der Waals surface area contributed by atoms with Crippen LogP contribution in [0.15, 0.2) is 24.3 Å². The summed E-state index contributed by atoms with van der Waals surface area (Å²) >= 11 is 5.92. The molecule has 1 aliphatic rings. The van der Waals surface area contributed by atoms with Crippen LogP contribution >= 0.6 is 11.6 Å². The van der Waals surface area contributed by atoms with Crippen molar-refractivity contribution in [2.45, 2.75) is 26.2 Å². The molecule has 1 heterocycles. The predicted molar refractivity (Wildman–Crippen MR) is 74.6 cm³/mol. The van der Waals surface area contributed by atoms with E-state index in [-0.39, 0.29) is 0 Å². The Morgan fingerprint density at radius 1 is 1.33 bits per heavy atom. The van der Waals surface area contributed by atoms with Gasteiger partial charge in [0.25, 0.3) is 0 Å². The van der Waals surface area contributed by atoms with Gasteiger partial charge in [0.2, 0.25) is 0 Å². The third-order valence-electron chi connectivity index (χ3n) is 3.82. The first kappa shape index (κ1) is 11.6. The molecule has 3 N–H and O–H groups in total. The van der Waals surface area contributed by atoms with Crippen LogP contribution in [0, 0.1) is 5.41 Å². The van der Waals surface area contributed by atoms with Crippen molar-refractivity contribution in [3.05, 3.63) is 35.0 Å². The van der Waals surface area contributed by atoms with Gasteiger partial charge in [-0.2, -0.15) is 5.10 Å². The maximum absolute atomic E-state index is 5.99. The summed E-state index contributed by atoms with van der Waals surface area (Å²) in [6.45, 7) is 4.53. The summed E-state index contributed by atoms with van der Waals surface area (Å²) in [6, 6.07) is 7.74. The molecule has 0 amide bonds. The van der Waals surface area contributed by atoms with E-state index in [2.05, 4.69) is 24.0 Å². The van der Waals surface area contributed by atoms with Gasteiger partial charge in [-0.05, 0) is 29.5 Å². The zero-order valence-corrected chi connectivity index (χ0v) is 11.3. The lowest BCUT2D eigenvalue weighted by atomic mass is 10.00. The first-order valence-electron chi connectivity index (χ1n) is 6.09. The number of rotatable bonds is 2. The number of anilines is 1.